The Kier molecular flexibility index (Phi) is 8.24. The molecule has 0 fully saturated rings. The highest BCUT2D eigenvalue weighted by Gasteiger charge is 2.29. The summed E-state index contributed by atoms with van der Waals surface area (Å²) in [4.78, 5) is 13.2. The van der Waals surface area contributed by atoms with Gasteiger partial charge in [0.2, 0.25) is 16.4 Å². The van der Waals surface area contributed by atoms with Crippen molar-refractivity contribution in [3.8, 4) is 16.8 Å². The summed E-state index contributed by atoms with van der Waals surface area (Å²) >= 11 is 0. The Bertz CT molecular complexity index is 1300. The van der Waals surface area contributed by atoms with Gasteiger partial charge in [-0.2, -0.15) is 4.31 Å². The first-order chi connectivity index (χ1) is 16.0. The van der Waals surface area contributed by atoms with Crippen LogP contribution in [0.15, 0.2) is 88.9 Å². The van der Waals surface area contributed by atoms with Crippen LogP contribution in [0, 0.1) is 0 Å². The minimum atomic E-state index is -3.55. The first kappa shape index (κ1) is 25.2. The molecular weight excluding hydrogens is 480 g/mol. The number of aromatic nitrogens is 2. The maximum atomic E-state index is 13.0. The maximum absolute atomic E-state index is 13.0. The molecule has 1 amide bonds. The van der Waals surface area contributed by atoms with Gasteiger partial charge in [-0.3, -0.25) is 10.0 Å². The smallest absolute Gasteiger partial charge is 0.243 e. The lowest BCUT2D eigenvalue weighted by atomic mass is 10.1. The number of hydroxylamine groups is 1. The summed E-state index contributed by atoms with van der Waals surface area (Å²) in [6.07, 6.45) is 7.85. The van der Waals surface area contributed by atoms with Crippen LogP contribution in [-0.2, 0) is 27.8 Å². The molecule has 5 rings (SSSR count). The molecule has 2 aromatic carbocycles. The Hall–Kier alpha value is -3.44. The molecule has 34 heavy (non-hydrogen) atoms. The van der Waals surface area contributed by atoms with Gasteiger partial charge < -0.3 is 8.98 Å². The first-order valence-electron chi connectivity index (χ1n) is 10.1. The van der Waals surface area contributed by atoms with Gasteiger partial charge in [0.25, 0.3) is 0 Å². The number of benzene rings is 2. The van der Waals surface area contributed by atoms with E-state index in [9.17, 15) is 8.42 Å². The second kappa shape index (κ2) is 11.1. The number of furan rings is 1. The van der Waals surface area contributed by atoms with E-state index in [-0.39, 0.29) is 25.4 Å². The monoisotopic (exact) mass is 502 g/mol. The van der Waals surface area contributed by atoms with Gasteiger partial charge in [0.05, 0.1) is 24.0 Å². The van der Waals surface area contributed by atoms with Crippen molar-refractivity contribution < 1.29 is 22.8 Å². The first-order valence-corrected chi connectivity index (χ1v) is 11.5. The average molecular weight is 503 g/mol. The molecule has 0 atom stereocenters. The lowest BCUT2D eigenvalue weighted by Gasteiger charge is -2.25. The molecule has 9 nitrogen and oxygen atoms in total. The van der Waals surface area contributed by atoms with Crippen molar-refractivity contribution in [3.63, 3.8) is 0 Å². The highest BCUT2D eigenvalue weighted by atomic mass is 35.5. The Labute approximate surface area is 203 Å². The normalized spacial score (nSPS) is 13.1. The number of nitrogens with one attached hydrogen (secondary N) is 1. The Morgan fingerprint density at radius 3 is 2.26 bits per heavy atom. The lowest BCUT2D eigenvalue weighted by molar-refractivity contribution is -0.116. The van der Waals surface area contributed by atoms with Crippen LogP contribution in [0.3, 0.4) is 0 Å². The fourth-order valence-electron chi connectivity index (χ4n) is 3.62. The maximum Gasteiger partial charge on any atom is 0.243 e. The second-order valence-corrected chi connectivity index (χ2v) is 9.18. The van der Waals surface area contributed by atoms with E-state index in [0.29, 0.717) is 17.9 Å². The molecule has 1 aliphatic rings. The number of fused-ring (bicyclic) bond motifs is 1. The Morgan fingerprint density at radius 1 is 1.03 bits per heavy atom. The van der Waals surface area contributed by atoms with E-state index >= 15 is 0 Å². The number of amides is 1. The predicted octanol–water partition coefficient (Wildman–Crippen LogP) is 3.42. The predicted molar refractivity (Wildman–Crippen MR) is 127 cm³/mol. The largest absolute Gasteiger partial charge is 0.468 e. The highest BCUT2D eigenvalue weighted by molar-refractivity contribution is 7.89. The van der Waals surface area contributed by atoms with E-state index in [0.717, 1.165) is 28.1 Å². The van der Waals surface area contributed by atoms with Gasteiger partial charge in [-0.25, -0.2) is 18.9 Å². The van der Waals surface area contributed by atoms with E-state index in [1.807, 2.05) is 53.2 Å². The SMILES string of the molecule is Cl.O=CNO.O=S(=O)(c1ccc(-c2ccc(-n3ccnc3)cc2)cc1)N1CCc2ccoc2C1. The van der Waals surface area contributed by atoms with Crippen LogP contribution in [0.5, 0.6) is 0 Å². The van der Waals surface area contributed by atoms with Crippen LogP contribution in [0.25, 0.3) is 16.8 Å². The summed E-state index contributed by atoms with van der Waals surface area (Å²) in [5.41, 5.74) is 5.35. The van der Waals surface area contributed by atoms with Crippen LogP contribution in [0.2, 0.25) is 0 Å². The van der Waals surface area contributed by atoms with Gasteiger partial charge in [0.1, 0.15) is 5.76 Å². The fraction of sp³-hybridized carbons (Fsp3) is 0.130. The summed E-state index contributed by atoms with van der Waals surface area (Å²) in [6.45, 7) is 0.745. The average Bonchev–Trinajstić information content (AvgIpc) is 3.56. The van der Waals surface area contributed by atoms with Gasteiger partial charge >= 0.3 is 0 Å². The van der Waals surface area contributed by atoms with E-state index < -0.39 is 10.0 Å². The van der Waals surface area contributed by atoms with E-state index in [2.05, 4.69) is 4.98 Å². The number of hydrogen-bond donors (Lipinski definition) is 2. The number of carbonyl (C=O) groups excluding carboxylic acids is 1. The molecule has 0 aliphatic carbocycles. The molecule has 178 valence electrons. The molecule has 0 spiro atoms. The van der Waals surface area contributed by atoms with Crippen molar-refractivity contribution in [2.24, 2.45) is 0 Å². The number of rotatable bonds is 5. The van der Waals surface area contributed by atoms with Crippen molar-refractivity contribution in [3.05, 3.63) is 90.9 Å². The molecule has 0 saturated heterocycles. The number of halogens is 1. The molecular formula is C23H23ClN4O5S. The van der Waals surface area contributed by atoms with Crippen LogP contribution in [0.1, 0.15) is 11.3 Å². The fourth-order valence-corrected chi connectivity index (χ4v) is 5.02. The topological polar surface area (TPSA) is 118 Å². The molecule has 3 heterocycles. The highest BCUT2D eigenvalue weighted by Crippen LogP contribution is 2.27. The molecule has 2 aromatic heterocycles. The van der Waals surface area contributed by atoms with Gasteiger partial charge in [0, 0.05) is 24.6 Å². The summed E-state index contributed by atoms with van der Waals surface area (Å²) < 4.78 is 34.9. The molecule has 0 unspecified atom stereocenters. The number of sulfonamides is 1. The van der Waals surface area contributed by atoms with Gasteiger partial charge in [-0.1, -0.05) is 24.3 Å². The van der Waals surface area contributed by atoms with E-state index in [4.69, 9.17) is 14.4 Å². The van der Waals surface area contributed by atoms with E-state index in [1.54, 1.807) is 30.9 Å². The zero-order valence-corrected chi connectivity index (χ0v) is 19.6. The van der Waals surface area contributed by atoms with Crippen LogP contribution in [-0.4, -0.2) is 40.4 Å². The van der Waals surface area contributed by atoms with Crippen LogP contribution >= 0.6 is 12.4 Å². The standard InChI is InChI=1S/C22H19N3O3S.CH3NO2.ClH/c26-29(27,25-12-9-19-10-14-28-22(19)15-25)21-7-3-18(4-8-21)17-1-5-20(6-2-17)24-13-11-23-16-24;3-1-2-4;/h1-8,10-11,13-14,16H,9,12,15H2;1,4H,(H,2,3);1H. The van der Waals surface area contributed by atoms with Crippen molar-refractivity contribution in [1.82, 2.24) is 19.3 Å². The number of nitrogens with zero attached hydrogens (tertiary/aromatic N) is 3. The summed E-state index contributed by atoms with van der Waals surface area (Å²) in [6, 6.07) is 17.0. The molecule has 0 saturated carbocycles. The minimum absolute atomic E-state index is 0. The van der Waals surface area contributed by atoms with Gasteiger partial charge in [-0.05, 0) is 53.4 Å². The van der Waals surface area contributed by atoms with Crippen molar-refractivity contribution in [1.29, 1.82) is 0 Å². The van der Waals surface area contributed by atoms with Crippen molar-refractivity contribution in [2.75, 3.05) is 6.54 Å². The molecule has 2 N–H and O–H groups in total. The number of carbonyl (C=O) groups is 1. The summed E-state index contributed by atoms with van der Waals surface area (Å²) in [7, 11) is -3.55. The van der Waals surface area contributed by atoms with Crippen molar-refractivity contribution in [2.45, 2.75) is 17.9 Å². The third-order valence-corrected chi connectivity index (χ3v) is 7.20. The lowest BCUT2D eigenvalue weighted by Crippen LogP contribution is -2.35. The van der Waals surface area contributed by atoms with Gasteiger partial charge in [0.15, 0.2) is 0 Å². The number of imidazole rings is 1. The Morgan fingerprint density at radius 2 is 1.68 bits per heavy atom. The third-order valence-electron chi connectivity index (χ3n) is 5.34. The molecule has 0 radical (unpaired) electrons. The summed E-state index contributed by atoms with van der Waals surface area (Å²) in [5.74, 6) is 0.731. The van der Waals surface area contributed by atoms with Crippen molar-refractivity contribution >= 4 is 28.8 Å². The number of hydrogen-bond acceptors (Lipinski definition) is 6. The van der Waals surface area contributed by atoms with Crippen LogP contribution < -0.4 is 5.48 Å². The molecule has 0 bridgehead atoms. The molecule has 1 aliphatic heterocycles. The minimum Gasteiger partial charge on any atom is -0.468 e. The molecule has 11 heteroatoms. The second-order valence-electron chi connectivity index (χ2n) is 7.25. The molecule has 4 aromatic rings. The Balaban J connectivity index is 0.000000603. The summed E-state index contributed by atoms with van der Waals surface area (Å²) in [5, 5.41) is 7.26. The third kappa shape index (κ3) is 5.37. The quantitative estimate of drug-likeness (QED) is 0.245. The zero-order valence-electron chi connectivity index (χ0n) is 17.9. The van der Waals surface area contributed by atoms with Gasteiger partial charge in [-0.15, -0.1) is 12.4 Å². The van der Waals surface area contributed by atoms with Crippen LogP contribution in [0.4, 0.5) is 0 Å². The zero-order chi connectivity index (χ0) is 23.3. The van der Waals surface area contributed by atoms with E-state index in [1.165, 1.54) is 9.79 Å².